The van der Waals surface area contributed by atoms with Gasteiger partial charge in [-0.2, -0.15) is 13.2 Å². The Labute approximate surface area is 204 Å². The number of halogens is 3. The number of hydrogen-bond donors (Lipinski definition) is 3. The Balaban J connectivity index is 1.93. The highest BCUT2D eigenvalue weighted by atomic mass is 32.1. The second-order valence-corrected chi connectivity index (χ2v) is 15.9. The molecular weight excluding hydrogens is 483 g/mol. The number of anilines is 2. The van der Waals surface area contributed by atoms with Crippen LogP contribution in [0.2, 0.25) is 16.6 Å². The Hall–Kier alpha value is -1.95. The van der Waals surface area contributed by atoms with Crippen LogP contribution in [0.15, 0.2) is 30.5 Å². The summed E-state index contributed by atoms with van der Waals surface area (Å²) in [4.78, 5) is 17.1. The number of amides is 2. The van der Waals surface area contributed by atoms with Crippen LogP contribution in [0.5, 0.6) is 0 Å². The molecule has 1 aromatic carbocycles. The van der Waals surface area contributed by atoms with Gasteiger partial charge in [0.25, 0.3) is 0 Å². The molecule has 0 saturated heterocycles. The van der Waals surface area contributed by atoms with Crippen molar-refractivity contribution in [1.29, 1.82) is 0 Å². The molecule has 0 saturated carbocycles. The zero-order valence-corrected chi connectivity index (χ0v) is 22.2. The standard InChI is InChI=1S/C23H34F3N3O3SSi/c1-14(2)34(15(3)4,16(5)6)32-13-19(30)11-20-12-27-22(33-20)29-21(31)28-18-9-7-8-17(10-18)23(24,25)26/h7-10,12,14-16,19,30H,11,13H2,1-6H3,(H2,27,28,29,31). The topological polar surface area (TPSA) is 83.5 Å². The van der Waals surface area contributed by atoms with Gasteiger partial charge in [-0.1, -0.05) is 47.6 Å². The summed E-state index contributed by atoms with van der Waals surface area (Å²) < 4.78 is 44.9. The van der Waals surface area contributed by atoms with Crippen LogP contribution in [0.1, 0.15) is 52.0 Å². The van der Waals surface area contributed by atoms with Crippen molar-refractivity contribution in [2.45, 2.75) is 76.9 Å². The maximum atomic E-state index is 12.8. The molecule has 0 fully saturated rings. The summed E-state index contributed by atoms with van der Waals surface area (Å²) in [6.07, 6.45) is -3.32. The normalized spacial score (nSPS) is 13.6. The summed E-state index contributed by atoms with van der Waals surface area (Å²) in [6.45, 7) is 13.3. The van der Waals surface area contributed by atoms with Gasteiger partial charge in [0, 0.05) is 23.2 Å². The fourth-order valence-corrected chi connectivity index (χ4v) is 10.9. The molecule has 34 heavy (non-hydrogen) atoms. The molecule has 0 bridgehead atoms. The van der Waals surface area contributed by atoms with E-state index in [1.807, 2.05) is 0 Å². The number of rotatable bonds is 10. The first-order valence-corrected chi connectivity index (χ1v) is 14.2. The summed E-state index contributed by atoms with van der Waals surface area (Å²) >= 11 is 1.19. The molecule has 2 amide bonds. The molecule has 3 N–H and O–H groups in total. The van der Waals surface area contributed by atoms with Gasteiger partial charge in [0.15, 0.2) is 13.4 Å². The lowest BCUT2D eigenvalue weighted by atomic mass is 10.2. The molecule has 2 rings (SSSR count). The Morgan fingerprint density at radius 1 is 1.12 bits per heavy atom. The quantitative estimate of drug-likeness (QED) is 0.299. The molecule has 6 nitrogen and oxygen atoms in total. The lowest BCUT2D eigenvalue weighted by Crippen LogP contribution is -2.49. The lowest BCUT2D eigenvalue weighted by Gasteiger charge is -2.42. The second-order valence-electron chi connectivity index (χ2n) is 9.28. The average Bonchev–Trinajstić information content (AvgIpc) is 3.13. The molecular formula is C23H34F3N3O3SSi. The van der Waals surface area contributed by atoms with Crippen LogP contribution < -0.4 is 10.6 Å². The molecule has 11 heteroatoms. The van der Waals surface area contributed by atoms with Crippen LogP contribution >= 0.6 is 11.3 Å². The highest BCUT2D eigenvalue weighted by Gasteiger charge is 2.45. The number of carbonyl (C=O) groups excluding carboxylic acids is 1. The minimum atomic E-state index is -4.50. The predicted molar refractivity (Wildman–Crippen MR) is 133 cm³/mol. The zero-order chi connectivity index (χ0) is 25.7. The summed E-state index contributed by atoms with van der Waals surface area (Å²) in [5.41, 5.74) is 0.403. The fraction of sp³-hybridized carbons (Fsp3) is 0.565. The number of alkyl halides is 3. The van der Waals surface area contributed by atoms with Gasteiger partial charge in [-0.15, -0.1) is 11.3 Å². The van der Waals surface area contributed by atoms with Gasteiger partial charge in [-0.05, 0) is 34.8 Å². The van der Waals surface area contributed by atoms with E-state index < -0.39 is 32.2 Å². The summed E-state index contributed by atoms with van der Waals surface area (Å²) in [6, 6.07) is 3.68. The third kappa shape index (κ3) is 7.27. The minimum Gasteiger partial charge on any atom is -0.413 e. The maximum absolute atomic E-state index is 12.8. The van der Waals surface area contributed by atoms with Gasteiger partial charge in [0.1, 0.15) is 0 Å². The van der Waals surface area contributed by atoms with E-state index in [-0.39, 0.29) is 17.4 Å². The molecule has 1 aromatic heterocycles. The van der Waals surface area contributed by atoms with Gasteiger partial charge in [0.2, 0.25) is 0 Å². The highest BCUT2D eigenvalue weighted by Crippen LogP contribution is 2.42. The van der Waals surface area contributed by atoms with Crippen LogP contribution in [0.4, 0.5) is 28.8 Å². The van der Waals surface area contributed by atoms with Gasteiger partial charge >= 0.3 is 12.2 Å². The first kappa shape index (κ1) is 28.3. The predicted octanol–water partition coefficient (Wildman–Crippen LogP) is 6.90. The Morgan fingerprint density at radius 3 is 2.29 bits per heavy atom. The number of carbonyl (C=O) groups is 1. The number of hydrogen-bond acceptors (Lipinski definition) is 5. The lowest BCUT2D eigenvalue weighted by molar-refractivity contribution is -0.137. The van der Waals surface area contributed by atoms with Gasteiger partial charge in [-0.25, -0.2) is 9.78 Å². The SMILES string of the molecule is CC(C)[Si](OCC(O)Cc1cnc(NC(=O)Nc2cccc(C(F)(F)F)c2)s1)(C(C)C)C(C)C. The van der Waals surface area contributed by atoms with Crippen LogP contribution in [0.25, 0.3) is 0 Å². The van der Waals surface area contributed by atoms with Crippen molar-refractivity contribution in [3.05, 3.63) is 40.9 Å². The van der Waals surface area contributed by atoms with Crippen LogP contribution in [-0.2, 0) is 17.0 Å². The number of urea groups is 1. The highest BCUT2D eigenvalue weighted by molar-refractivity contribution is 7.15. The molecule has 0 aliphatic carbocycles. The molecule has 1 unspecified atom stereocenters. The first-order chi connectivity index (χ1) is 15.8. The number of thiazole rings is 1. The number of aliphatic hydroxyl groups excluding tert-OH is 1. The first-order valence-electron chi connectivity index (χ1n) is 11.3. The summed E-state index contributed by atoms with van der Waals surface area (Å²) in [5, 5.41) is 15.7. The molecule has 0 aliphatic rings. The summed E-state index contributed by atoms with van der Waals surface area (Å²) in [5.74, 6) is 0. The van der Waals surface area contributed by atoms with E-state index >= 15 is 0 Å². The number of nitrogens with one attached hydrogen (secondary N) is 2. The van der Waals surface area contributed by atoms with Crippen molar-refractivity contribution >= 4 is 36.5 Å². The minimum absolute atomic E-state index is 0.0183. The molecule has 2 aromatic rings. The van der Waals surface area contributed by atoms with Gasteiger partial charge in [-0.3, -0.25) is 5.32 Å². The molecule has 0 radical (unpaired) electrons. The van der Waals surface area contributed by atoms with E-state index in [1.165, 1.54) is 23.5 Å². The van der Waals surface area contributed by atoms with Crippen molar-refractivity contribution in [3.8, 4) is 0 Å². The number of benzene rings is 1. The summed E-state index contributed by atoms with van der Waals surface area (Å²) in [7, 11) is -2.09. The molecule has 1 heterocycles. The van der Waals surface area contributed by atoms with E-state index in [0.717, 1.165) is 17.0 Å². The number of aliphatic hydroxyl groups is 1. The van der Waals surface area contributed by atoms with Crippen molar-refractivity contribution in [1.82, 2.24) is 4.98 Å². The number of aromatic nitrogens is 1. The Kier molecular flexibility index (Phi) is 9.69. The van der Waals surface area contributed by atoms with E-state index in [2.05, 4.69) is 57.2 Å². The zero-order valence-electron chi connectivity index (χ0n) is 20.4. The average molecular weight is 518 g/mol. The van der Waals surface area contributed by atoms with Crippen molar-refractivity contribution in [2.24, 2.45) is 0 Å². The maximum Gasteiger partial charge on any atom is 0.416 e. The third-order valence-corrected chi connectivity index (χ3v) is 12.9. The van der Waals surface area contributed by atoms with Crippen LogP contribution in [0, 0.1) is 0 Å². The Morgan fingerprint density at radius 2 is 1.74 bits per heavy atom. The molecule has 1 atom stereocenters. The van der Waals surface area contributed by atoms with E-state index in [9.17, 15) is 23.1 Å². The smallest absolute Gasteiger partial charge is 0.413 e. The molecule has 190 valence electrons. The van der Waals surface area contributed by atoms with Gasteiger partial charge < -0.3 is 14.8 Å². The Bertz CT molecular complexity index is 929. The van der Waals surface area contributed by atoms with Crippen molar-refractivity contribution in [3.63, 3.8) is 0 Å². The second kappa shape index (κ2) is 11.7. The van der Waals surface area contributed by atoms with Crippen LogP contribution in [0.3, 0.4) is 0 Å². The largest absolute Gasteiger partial charge is 0.416 e. The van der Waals surface area contributed by atoms with E-state index in [1.54, 1.807) is 6.20 Å². The third-order valence-electron chi connectivity index (χ3n) is 5.89. The van der Waals surface area contributed by atoms with Crippen molar-refractivity contribution in [2.75, 3.05) is 17.2 Å². The van der Waals surface area contributed by atoms with E-state index in [4.69, 9.17) is 4.43 Å². The molecule has 0 spiro atoms. The molecule has 0 aliphatic heterocycles. The monoisotopic (exact) mass is 517 g/mol. The van der Waals surface area contributed by atoms with Crippen LogP contribution in [-0.4, -0.2) is 37.1 Å². The fourth-order valence-electron chi connectivity index (χ4n) is 4.52. The van der Waals surface area contributed by atoms with E-state index in [0.29, 0.717) is 23.0 Å². The van der Waals surface area contributed by atoms with Crippen molar-refractivity contribution < 1.29 is 27.5 Å². The van der Waals surface area contributed by atoms with Gasteiger partial charge in [0.05, 0.1) is 18.3 Å². The number of nitrogens with zero attached hydrogens (tertiary/aromatic N) is 1.